The Morgan fingerprint density at radius 3 is 2.94 bits per heavy atom. The number of hydrogen-bond donors (Lipinski definition) is 0. The minimum absolute atomic E-state index is 0.280. The van der Waals surface area contributed by atoms with Crippen molar-refractivity contribution in [3.05, 3.63) is 41.5 Å². The van der Waals surface area contributed by atoms with Crippen LogP contribution in [0.5, 0.6) is 5.75 Å². The number of methoxy groups -OCH3 is 1. The molecule has 1 aromatic carbocycles. The molecule has 0 aliphatic heterocycles. The van der Waals surface area contributed by atoms with Gasteiger partial charge in [-0.15, -0.1) is 11.6 Å². The molecule has 0 N–H and O–H groups in total. The largest absolute Gasteiger partial charge is 0.497 e. The number of hydrogen-bond acceptors (Lipinski definition) is 4. The van der Waals surface area contributed by atoms with Crippen molar-refractivity contribution in [2.75, 3.05) is 7.11 Å². The van der Waals surface area contributed by atoms with Gasteiger partial charge in [0, 0.05) is 6.42 Å². The molecule has 2 rings (SSSR count). The van der Waals surface area contributed by atoms with E-state index in [1.54, 1.807) is 7.11 Å². The van der Waals surface area contributed by atoms with Crippen molar-refractivity contribution in [1.82, 2.24) is 10.1 Å². The zero-order valence-electron chi connectivity index (χ0n) is 9.52. The Bertz CT molecular complexity index is 485. The van der Waals surface area contributed by atoms with Crippen LogP contribution in [0.1, 0.15) is 17.3 Å². The summed E-state index contributed by atoms with van der Waals surface area (Å²) in [7, 11) is 1.66. The lowest BCUT2D eigenvalue weighted by atomic mass is 10.1. The van der Waals surface area contributed by atoms with Crippen LogP contribution in [-0.2, 0) is 18.7 Å². The summed E-state index contributed by atoms with van der Waals surface area (Å²) in [6, 6.07) is 7.92. The highest BCUT2D eigenvalue weighted by molar-refractivity contribution is 6.16. The molecule has 17 heavy (non-hydrogen) atoms. The second-order valence-electron chi connectivity index (χ2n) is 3.59. The molecular weight excluding hydrogens is 240 g/mol. The maximum Gasteiger partial charge on any atom is 0.227 e. The molecule has 0 unspecified atom stereocenters. The molecule has 0 fully saturated rings. The third kappa shape index (κ3) is 3.20. The van der Waals surface area contributed by atoms with Crippen LogP contribution in [0, 0.1) is 0 Å². The van der Waals surface area contributed by atoms with Gasteiger partial charge in [-0.1, -0.05) is 17.3 Å². The van der Waals surface area contributed by atoms with Gasteiger partial charge in [-0.3, -0.25) is 0 Å². The van der Waals surface area contributed by atoms with Gasteiger partial charge in [-0.05, 0) is 24.1 Å². The lowest BCUT2D eigenvalue weighted by molar-refractivity contribution is 0.374. The normalized spacial score (nSPS) is 10.5. The van der Waals surface area contributed by atoms with E-state index in [9.17, 15) is 0 Å². The lowest BCUT2D eigenvalue weighted by Crippen LogP contribution is -1.93. The molecule has 2 aromatic rings. The van der Waals surface area contributed by atoms with E-state index in [0.717, 1.165) is 12.2 Å². The fraction of sp³-hybridized carbons (Fsp3) is 0.333. The molecule has 0 saturated carbocycles. The Morgan fingerprint density at radius 1 is 1.35 bits per heavy atom. The summed E-state index contributed by atoms with van der Waals surface area (Å²) in [5, 5.41) is 3.74. The predicted molar refractivity (Wildman–Crippen MR) is 64.3 cm³/mol. The quantitative estimate of drug-likeness (QED) is 0.768. The Hall–Kier alpha value is -1.55. The van der Waals surface area contributed by atoms with Crippen LogP contribution in [0.4, 0.5) is 0 Å². The maximum absolute atomic E-state index is 5.60. The highest BCUT2D eigenvalue weighted by Crippen LogP contribution is 2.14. The summed E-state index contributed by atoms with van der Waals surface area (Å²) < 4.78 is 10.2. The summed E-state index contributed by atoms with van der Waals surface area (Å²) in [5.74, 6) is 2.29. The first kappa shape index (κ1) is 11.9. The molecule has 90 valence electrons. The maximum atomic E-state index is 5.60. The number of aryl methyl sites for hydroxylation is 2. The van der Waals surface area contributed by atoms with Crippen LogP contribution in [0.25, 0.3) is 0 Å². The first-order valence-corrected chi connectivity index (χ1v) is 5.85. The molecule has 0 radical (unpaired) electrons. The summed E-state index contributed by atoms with van der Waals surface area (Å²) >= 11 is 5.60. The number of rotatable bonds is 5. The molecule has 0 aliphatic carbocycles. The van der Waals surface area contributed by atoms with E-state index >= 15 is 0 Å². The highest BCUT2D eigenvalue weighted by atomic mass is 35.5. The van der Waals surface area contributed by atoms with Crippen LogP contribution >= 0.6 is 11.6 Å². The van der Waals surface area contributed by atoms with E-state index in [1.165, 1.54) is 5.56 Å². The van der Waals surface area contributed by atoms with Crippen LogP contribution in [-0.4, -0.2) is 17.3 Å². The monoisotopic (exact) mass is 252 g/mol. The molecule has 1 aromatic heterocycles. The van der Waals surface area contributed by atoms with Gasteiger partial charge in [0.2, 0.25) is 5.89 Å². The summed E-state index contributed by atoms with van der Waals surface area (Å²) in [5.41, 5.74) is 1.18. The fourth-order valence-electron chi connectivity index (χ4n) is 1.53. The van der Waals surface area contributed by atoms with Crippen molar-refractivity contribution in [3.8, 4) is 5.75 Å². The number of aromatic nitrogens is 2. The average Bonchev–Trinajstić information content (AvgIpc) is 2.84. The van der Waals surface area contributed by atoms with Crippen LogP contribution in [0.15, 0.2) is 28.8 Å². The zero-order chi connectivity index (χ0) is 12.1. The second kappa shape index (κ2) is 5.68. The van der Waals surface area contributed by atoms with Crippen molar-refractivity contribution in [3.63, 3.8) is 0 Å². The van der Waals surface area contributed by atoms with Crippen molar-refractivity contribution in [2.45, 2.75) is 18.7 Å². The zero-order valence-corrected chi connectivity index (χ0v) is 10.3. The van der Waals surface area contributed by atoms with E-state index in [0.29, 0.717) is 18.1 Å². The summed E-state index contributed by atoms with van der Waals surface area (Å²) in [6.45, 7) is 0. The van der Waals surface area contributed by atoms with Gasteiger partial charge in [0.25, 0.3) is 0 Å². The Morgan fingerprint density at radius 2 is 2.24 bits per heavy atom. The third-order valence-corrected chi connectivity index (χ3v) is 2.63. The standard InChI is InChI=1S/C12H13ClN2O2/c1-16-10-4-2-3-9(7-10)5-6-12-14-11(8-13)15-17-12/h2-4,7H,5-6,8H2,1H3. The number of nitrogens with zero attached hydrogens (tertiary/aromatic N) is 2. The van der Waals surface area contributed by atoms with Gasteiger partial charge in [0.1, 0.15) is 5.75 Å². The van der Waals surface area contributed by atoms with E-state index in [4.69, 9.17) is 20.9 Å². The number of benzene rings is 1. The molecule has 0 spiro atoms. The summed E-state index contributed by atoms with van der Waals surface area (Å²) in [4.78, 5) is 4.15. The molecule has 1 heterocycles. The Balaban J connectivity index is 1.96. The van der Waals surface area contributed by atoms with Crippen molar-refractivity contribution >= 4 is 11.6 Å². The Kier molecular flexibility index (Phi) is 3.98. The van der Waals surface area contributed by atoms with Gasteiger partial charge >= 0.3 is 0 Å². The SMILES string of the molecule is COc1cccc(CCc2nc(CCl)no2)c1. The van der Waals surface area contributed by atoms with Crippen molar-refractivity contribution in [2.24, 2.45) is 0 Å². The van der Waals surface area contributed by atoms with Gasteiger partial charge in [-0.2, -0.15) is 4.98 Å². The minimum atomic E-state index is 0.280. The molecule has 0 atom stereocenters. The lowest BCUT2D eigenvalue weighted by Gasteiger charge is -2.02. The molecule has 4 nitrogen and oxygen atoms in total. The van der Waals surface area contributed by atoms with E-state index in [1.807, 2.05) is 24.3 Å². The predicted octanol–water partition coefficient (Wildman–Crippen LogP) is 2.60. The average molecular weight is 253 g/mol. The first-order chi connectivity index (χ1) is 8.31. The number of ether oxygens (including phenoxy) is 1. The molecule has 5 heteroatoms. The third-order valence-electron chi connectivity index (χ3n) is 2.39. The van der Waals surface area contributed by atoms with E-state index in [-0.39, 0.29) is 5.88 Å². The number of halogens is 1. The molecule has 0 aliphatic rings. The smallest absolute Gasteiger partial charge is 0.227 e. The minimum Gasteiger partial charge on any atom is -0.497 e. The van der Waals surface area contributed by atoms with Gasteiger partial charge in [0.05, 0.1) is 13.0 Å². The first-order valence-electron chi connectivity index (χ1n) is 5.32. The highest BCUT2D eigenvalue weighted by Gasteiger charge is 2.05. The van der Waals surface area contributed by atoms with Gasteiger partial charge in [-0.25, -0.2) is 0 Å². The van der Waals surface area contributed by atoms with Crippen molar-refractivity contribution < 1.29 is 9.26 Å². The summed E-state index contributed by atoms with van der Waals surface area (Å²) in [6.07, 6.45) is 1.54. The van der Waals surface area contributed by atoms with E-state index < -0.39 is 0 Å². The molecule has 0 saturated heterocycles. The van der Waals surface area contributed by atoms with Crippen LogP contribution in [0.2, 0.25) is 0 Å². The fourth-order valence-corrected chi connectivity index (χ4v) is 1.63. The van der Waals surface area contributed by atoms with Crippen LogP contribution in [0.3, 0.4) is 0 Å². The van der Waals surface area contributed by atoms with Gasteiger partial charge < -0.3 is 9.26 Å². The second-order valence-corrected chi connectivity index (χ2v) is 3.86. The molecular formula is C12H13ClN2O2. The topological polar surface area (TPSA) is 48.2 Å². The van der Waals surface area contributed by atoms with E-state index in [2.05, 4.69) is 10.1 Å². The molecule has 0 amide bonds. The Labute approximate surface area is 105 Å². The van der Waals surface area contributed by atoms with Gasteiger partial charge in [0.15, 0.2) is 5.82 Å². The van der Waals surface area contributed by atoms with Crippen molar-refractivity contribution in [1.29, 1.82) is 0 Å². The molecule has 0 bridgehead atoms. The van der Waals surface area contributed by atoms with Crippen LogP contribution < -0.4 is 4.74 Å². The number of alkyl halides is 1.